The number of carboxylic acid groups (broad SMARTS) is 1. The van der Waals surface area contributed by atoms with Gasteiger partial charge in [0.05, 0.1) is 11.9 Å². The van der Waals surface area contributed by atoms with E-state index in [1.807, 2.05) is 13.8 Å². The Morgan fingerprint density at radius 3 is 2.64 bits per heavy atom. The van der Waals surface area contributed by atoms with Crippen LogP contribution in [0.5, 0.6) is 0 Å². The lowest BCUT2D eigenvalue weighted by Crippen LogP contribution is -2.32. The molecule has 0 spiro atoms. The molecule has 118 valence electrons. The lowest BCUT2D eigenvalue weighted by atomic mass is 10.2. The van der Waals surface area contributed by atoms with E-state index in [9.17, 15) is 9.59 Å². The number of fused-ring (bicyclic) bond motifs is 1. The molecule has 0 unspecified atom stereocenters. The van der Waals surface area contributed by atoms with Gasteiger partial charge in [0.25, 0.3) is 5.56 Å². The van der Waals surface area contributed by atoms with E-state index in [1.54, 1.807) is 0 Å². The number of aryl methyl sites for hydroxylation is 2. The smallest absolute Gasteiger partial charge is 0.323 e. The van der Waals surface area contributed by atoms with Gasteiger partial charge in [0.15, 0.2) is 0 Å². The number of hydrogen-bond acceptors (Lipinski definition) is 5. The summed E-state index contributed by atoms with van der Waals surface area (Å²) in [6.45, 7) is 6.01. The van der Waals surface area contributed by atoms with Crippen molar-refractivity contribution in [3.63, 3.8) is 0 Å². The van der Waals surface area contributed by atoms with Crippen molar-refractivity contribution >= 4 is 27.5 Å². The zero-order chi connectivity index (χ0) is 15.9. The second-order valence-corrected chi connectivity index (χ2v) is 6.96. The molecule has 1 aliphatic heterocycles. The zero-order valence-electron chi connectivity index (χ0n) is 12.8. The highest BCUT2D eigenvalue weighted by molar-refractivity contribution is 7.18. The molecular weight excluding hydrogens is 302 g/mol. The third kappa shape index (κ3) is 2.66. The van der Waals surface area contributed by atoms with Crippen LogP contribution in [0.2, 0.25) is 0 Å². The topological polar surface area (TPSA) is 75.4 Å². The Kier molecular flexibility index (Phi) is 4.01. The number of aliphatic carboxylic acids is 1. The fourth-order valence-electron chi connectivity index (χ4n) is 2.93. The average molecular weight is 321 g/mol. The Morgan fingerprint density at radius 1 is 1.32 bits per heavy atom. The summed E-state index contributed by atoms with van der Waals surface area (Å²) in [5, 5.41) is 9.69. The largest absolute Gasteiger partial charge is 0.480 e. The summed E-state index contributed by atoms with van der Waals surface area (Å²) >= 11 is 1.50. The van der Waals surface area contributed by atoms with E-state index in [1.165, 1.54) is 15.9 Å². The van der Waals surface area contributed by atoms with Gasteiger partial charge in [-0.05, 0) is 45.3 Å². The average Bonchev–Trinajstić information content (AvgIpc) is 3.04. The molecule has 1 aliphatic rings. The molecule has 3 rings (SSSR count). The monoisotopic (exact) mass is 321 g/mol. The Labute approximate surface area is 132 Å². The van der Waals surface area contributed by atoms with Crippen LogP contribution in [-0.2, 0) is 17.9 Å². The maximum atomic E-state index is 12.7. The molecule has 0 bridgehead atoms. The predicted molar refractivity (Wildman–Crippen MR) is 85.5 cm³/mol. The first-order valence-electron chi connectivity index (χ1n) is 7.41. The Balaban J connectivity index is 2.15. The van der Waals surface area contributed by atoms with E-state index < -0.39 is 5.97 Å². The molecule has 22 heavy (non-hydrogen) atoms. The Hall–Kier alpha value is -1.73. The van der Waals surface area contributed by atoms with Crippen LogP contribution >= 0.6 is 11.3 Å². The number of likely N-dealkylation sites (tertiary alicyclic amines) is 1. The fraction of sp³-hybridized carbons (Fsp3) is 0.533. The molecular formula is C15H19N3O3S. The number of aromatic nitrogens is 2. The fourth-order valence-corrected chi connectivity index (χ4v) is 3.97. The number of thiophene rings is 1. The Bertz CT molecular complexity index is 787. The van der Waals surface area contributed by atoms with Gasteiger partial charge in [-0.3, -0.25) is 19.1 Å². The molecule has 1 fully saturated rings. The van der Waals surface area contributed by atoms with Crippen molar-refractivity contribution < 1.29 is 9.90 Å². The minimum absolute atomic E-state index is 0.233. The maximum Gasteiger partial charge on any atom is 0.323 e. The van der Waals surface area contributed by atoms with Crippen LogP contribution in [0.4, 0.5) is 0 Å². The minimum atomic E-state index is -1.02. The van der Waals surface area contributed by atoms with Crippen molar-refractivity contribution in [2.75, 3.05) is 13.1 Å². The highest BCUT2D eigenvalue weighted by atomic mass is 32.1. The van der Waals surface area contributed by atoms with Crippen molar-refractivity contribution in [2.24, 2.45) is 0 Å². The number of nitrogens with zero attached hydrogens (tertiary/aromatic N) is 3. The van der Waals surface area contributed by atoms with Crippen molar-refractivity contribution in [3.8, 4) is 0 Å². The van der Waals surface area contributed by atoms with Gasteiger partial charge >= 0.3 is 5.97 Å². The van der Waals surface area contributed by atoms with Crippen molar-refractivity contribution in [2.45, 2.75) is 39.8 Å². The molecule has 2 aromatic heterocycles. The quantitative estimate of drug-likeness (QED) is 0.928. The SMILES string of the molecule is Cc1sc2nc(CN3CCCC3)n(CC(=O)O)c(=O)c2c1C. The third-order valence-electron chi connectivity index (χ3n) is 4.23. The van der Waals surface area contributed by atoms with E-state index >= 15 is 0 Å². The lowest BCUT2D eigenvalue weighted by molar-refractivity contribution is -0.137. The summed E-state index contributed by atoms with van der Waals surface area (Å²) in [6.07, 6.45) is 2.28. The molecule has 0 saturated carbocycles. The first-order chi connectivity index (χ1) is 10.5. The van der Waals surface area contributed by atoms with Gasteiger partial charge in [-0.15, -0.1) is 11.3 Å². The molecule has 0 radical (unpaired) electrons. The van der Waals surface area contributed by atoms with Crippen LogP contribution in [0, 0.1) is 13.8 Å². The van der Waals surface area contributed by atoms with Crippen molar-refractivity contribution in [3.05, 3.63) is 26.6 Å². The molecule has 0 amide bonds. The molecule has 0 aliphatic carbocycles. The summed E-state index contributed by atoms with van der Waals surface area (Å²) in [5.74, 6) is -0.460. The van der Waals surface area contributed by atoms with Gasteiger partial charge in [-0.2, -0.15) is 0 Å². The molecule has 3 heterocycles. The van der Waals surface area contributed by atoms with E-state index in [2.05, 4.69) is 9.88 Å². The van der Waals surface area contributed by atoms with Crippen LogP contribution in [0.1, 0.15) is 29.1 Å². The molecule has 0 atom stereocenters. The Morgan fingerprint density at radius 2 is 2.00 bits per heavy atom. The molecule has 6 nitrogen and oxygen atoms in total. The van der Waals surface area contributed by atoms with Crippen molar-refractivity contribution in [1.82, 2.24) is 14.5 Å². The number of hydrogen-bond donors (Lipinski definition) is 1. The normalized spacial score (nSPS) is 15.7. The van der Waals surface area contributed by atoms with Crippen molar-refractivity contribution in [1.29, 1.82) is 0 Å². The molecule has 7 heteroatoms. The van der Waals surface area contributed by atoms with Gasteiger partial charge in [0.2, 0.25) is 0 Å². The standard InChI is InChI=1S/C15H19N3O3S/c1-9-10(2)22-14-13(9)15(21)18(8-12(19)20)11(16-14)7-17-5-3-4-6-17/h3-8H2,1-2H3,(H,19,20). The molecule has 0 aromatic carbocycles. The predicted octanol–water partition coefficient (Wildman–Crippen LogP) is 1.76. The number of carboxylic acids is 1. The van der Waals surface area contributed by atoms with Crippen LogP contribution in [0.15, 0.2) is 4.79 Å². The molecule has 2 aromatic rings. The highest BCUT2D eigenvalue weighted by Gasteiger charge is 2.20. The summed E-state index contributed by atoms with van der Waals surface area (Å²) in [7, 11) is 0. The molecule has 1 saturated heterocycles. The van der Waals surface area contributed by atoms with E-state index in [0.717, 1.165) is 41.2 Å². The first-order valence-corrected chi connectivity index (χ1v) is 8.22. The van der Waals surface area contributed by atoms with Crippen LogP contribution in [0.25, 0.3) is 10.2 Å². The summed E-state index contributed by atoms with van der Waals surface area (Å²) in [4.78, 5) is 32.5. The lowest BCUT2D eigenvalue weighted by Gasteiger charge is -2.17. The zero-order valence-corrected chi connectivity index (χ0v) is 13.6. The van der Waals surface area contributed by atoms with Gasteiger partial charge in [-0.1, -0.05) is 0 Å². The summed E-state index contributed by atoms with van der Waals surface area (Å²) in [5.41, 5.74) is 0.674. The van der Waals surface area contributed by atoms with Gasteiger partial charge in [-0.25, -0.2) is 4.98 Å². The van der Waals surface area contributed by atoms with Gasteiger partial charge < -0.3 is 5.11 Å². The first kappa shape index (κ1) is 15.2. The highest BCUT2D eigenvalue weighted by Crippen LogP contribution is 2.26. The number of carbonyl (C=O) groups is 1. The summed E-state index contributed by atoms with van der Waals surface area (Å²) in [6, 6.07) is 0. The van der Waals surface area contributed by atoms with E-state index in [-0.39, 0.29) is 12.1 Å². The van der Waals surface area contributed by atoms with E-state index in [0.29, 0.717) is 17.8 Å². The number of rotatable bonds is 4. The van der Waals surface area contributed by atoms with Crippen LogP contribution in [-0.4, -0.2) is 38.6 Å². The minimum Gasteiger partial charge on any atom is -0.480 e. The third-order valence-corrected chi connectivity index (χ3v) is 5.33. The van der Waals surface area contributed by atoms with Gasteiger partial charge in [0.1, 0.15) is 17.2 Å². The van der Waals surface area contributed by atoms with Crippen LogP contribution < -0.4 is 5.56 Å². The summed E-state index contributed by atoms with van der Waals surface area (Å²) < 4.78 is 1.32. The maximum absolute atomic E-state index is 12.7. The molecule has 1 N–H and O–H groups in total. The second-order valence-electron chi connectivity index (χ2n) is 5.76. The van der Waals surface area contributed by atoms with Crippen LogP contribution in [0.3, 0.4) is 0 Å². The second kappa shape index (κ2) is 5.81. The van der Waals surface area contributed by atoms with E-state index in [4.69, 9.17) is 5.11 Å². The van der Waals surface area contributed by atoms with Gasteiger partial charge in [0, 0.05) is 4.88 Å².